The van der Waals surface area contributed by atoms with Crippen molar-refractivity contribution in [1.82, 2.24) is 5.32 Å². The number of carbonyl (C=O) groups is 2. The van der Waals surface area contributed by atoms with Crippen molar-refractivity contribution >= 4 is 36.6 Å². The van der Waals surface area contributed by atoms with Gasteiger partial charge in [-0.3, -0.25) is 9.59 Å². The zero-order valence-corrected chi connectivity index (χ0v) is 25.5. The van der Waals surface area contributed by atoms with Crippen molar-refractivity contribution in [2.75, 3.05) is 7.11 Å². The van der Waals surface area contributed by atoms with Gasteiger partial charge in [-0.25, -0.2) is 15.0 Å². The molecule has 10 nitrogen and oxygen atoms in total. The fourth-order valence-electron chi connectivity index (χ4n) is 7.16. The molecular formula is C33H32BN4O6. The van der Waals surface area contributed by atoms with Crippen molar-refractivity contribution in [3.63, 3.8) is 0 Å². The van der Waals surface area contributed by atoms with Gasteiger partial charge in [-0.15, -0.1) is 0 Å². The van der Waals surface area contributed by atoms with Crippen molar-refractivity contribution < 1.29 is 28.7 Å². The first kappa shape index (κ1) is 28.4. The van der Waals surface area contributed by atoms with E-state index in [1.807, 2.05) is 52.8 Å². The van der Waals surface area contributed by atoms with E-state index >= 15 is 0 Å². The number of hydrogen-bond donors (Lipinski definition) is 2. The summed E-state index contributed by atoms with van der Waals surface area (Å²) in [5, 5.41) is 13.8. The number of hydrogen-bond acceptors (Lipinski definition) is 10. The number of nitrogens with one attached hydrogen (secondary N) is 1. The second-order valence-corrected chi connectivity index (χ2v) is 11.9. The highest BCUT2D eigenvalue weighted by Gasteiger charge is 2.63. The SMILES string of the molecule is CCC12O[B]OC1(C)C1=CC3=NC(=C(C)/C3=C\O)C=C3N=C(C(CCC(=O)OC)=C3C)C3=C4N=C(C=C2N1)C(C)=C4C(=O)C3. The first-order valence-electron chi connectivity index (χ1n) is 14.7. The largest absolute Gasteiger partial charge is 0.515 e. The van der Waals surface area contributed by atoms with Crippen molar-refractivity contribution in [2.45, 2.75) is 71.5 Å². The van der Waals surface area contributed by atoms with Gasteiger partial charge in [0.15, 0.2) is 5.78 Å². The predicted molar refractivity (Wildman–Crippen MR) is 166 cm³/mol. The average molecular weight is 591 g/mol. The van der Waals surface area contributed by atoms with Gasteiger partial charge in [0.05, 0.1) is 59.0 Å². The summed E-state index contributed by atoms with van der Waals surface area (Å²) in [5.41, 5.74) is 8.74. The molecule has 2 unspecified atom stereocenters. The molecule has 44 heavy (non-hydrogen) atoms. The fourth-order valence-corrected chi connectivity index (χ4v) is 7.16. The smallest absolute Gasteiger partial charge is 0.489 e. The number of Topliss-reactive ketones (excluding diaryl/α,β-unsaturated/α-hetero) is 1. The Balaban J connectivity index is 1.50. The number of methoxy groups -OCH3 is 1. The highest BCUT2D eigenvalue weighted by atomic mass is 16.7. The molecule has 223 valence electrons. The number of aliphatic hydroxyl groups excluding tert-OH is 1. The lowest BCUT2D eigenvalue weighted by molar-refractivity contribution is -0.140. The van der Waals surface area contributed by atoms with Crippen LogP contribution in [0.25, 0.3) is 0 Å². The molecule has 11 heteroatoms. The molecule has 0 spiro atoms. The van der Waals surface area contributed by atoms with Crippen LogP contribution in [-0.2, 0) is 23.6 Å². The topological polar surface area (TPSA) is 131 Å². The average Bonchev–Trinajstić information content (AvgIpc) is 3.79. The first-order chi connectivity index (χ1) is 21.1. The van der Waals surface area contributed by atoms with Crippen LogP contribution in [0.2, 0.25) is 0 Å². The maximum absolute atomic E-state index is 13.5. The maximum Gasteiger partial charge on any atom is 0.489 e. The summed E-state index contributed by atoms with van der Waals surface area (Å²) < 4.78 is 17.3. The number of allylic oxidation sites excluding steroid dienone is 10. The lowest BCUT2D eigenvalue weighted by Crippen LogP contribution is -2.46. The molecule has 2 fully saturated rings. The third-order valence-electron chi connectivity index (χ3n) is 9.87. The summed E-state index contributed by atoms with van der Waals surface area (Å²) in [6.07, 6.45) is 8.10. The van der Waals surface area contributed by atoms with Crippen LogP contribution in [0.5, 0.6) is 0 Å². The van der Waals surface area contributed by atoms with E-state index in [4.69, 9.17) is 29.0 Å². The Labute approximate surface area is 256 Å². The van der Waals surface area contributed by atoms with Gasteiger partial charge in [0.25, 0.3) is 0 Å². The van der Waals surface area contributed by atoms with Crippen LogP contribution in [0.4, 0.5) is 0 Å². The summed E-state index contributed by atoms with van der Waals surface area (Å²) in [6.45, 7) is 9.77. The lowest BCUT2D eigenvalue weighted by atomic mass is 9.80. The van der Waals surface area contributed by atoms with Crippen LogP contribution >= 0.6 is 0 Å². The Morgan fingerprint density at radius 1 is 1.09 bits per heavy atom. The fraction of sp³-hybridized carbons (Fsp3) is 0.364. The Morgan fingerprint density at radius 3 is 2.59 bits per heavy atom. The number of ether oxygens (including phenoxy) is 1. The number of aliphatic imine (C=N–C) groups is 3. The van der Waals surface area contributed by atoms with E-state index in [0.29, 0.717) is 63.9 Å². The zero-order valence-electron chi connectivity index (χ0n) is 25.5. The van der Waals surface area contributed by atoms with Crippen LogP contribution < -0.4 is 5.32 Å². The van der Waals surface area contributed by atoms with Gasteiger partial charge in [-0.1, -0.05) is 6.92 Å². The number of ketones is 1. The molecule has 6 aliphatic heterocycles. The van der Waals surface area contributed by atoms with E-state index in [9.17, 15) is 14.7 Å². The number of carbonyl (C=O) groups excluding carboxylic acids is 2. The van der Waals surface area contributed by atoms with E-state index < -0.39 is 11.2 Å². The molecule has 1 aliphatic carbocycles. The quantitative estimate of drug-likeness (QED) is 0.277. The van der Waals surface area contributed by atoms with Crippen LogP contribution in [-0.4, -0.2) is 60.0 Å². The van der Waals surface area contributed by atoms with E-state index in [2.05, 4.69) is 5.32 Å². The Kier molecular flexibility index (Phi) is 6.35. The number of aliphatic hydroxyl groups is 1. The molecule has 8 bridgehead atoms. The van der Waals surface area contributed by atoms with Crippen LogP contribution in [0, 0.1) is 0 Å². The third kappa shape index (κ3) is 3.72. The minimum absolute atomic E-state index is 0.0130. The normalized spacial score (nSPS) is 29.5. The standard InChI is InChI=1S/C33H32BN4O6/c1-7-33-27-12-23-17(4)29-25(40)10-19(31(29)37-23)30-18(8-9-28(41)42-6)15(2)22(36-30)11-21-16(3)20(14-39)24(35-21)13-26(38-27)32(33,5)43-34-44-33/h11-14,38-39H,7-10H2,1-6H3/b20-14+,22-11?,26-13?,27-12?. The molecule has 2 N–H and O–H groups in total. The lowest BCUT2D eigenvalue weighted by Gasteiger charge is -2.34. The van der Waals surface area contributed by atoms with Crippen molar-refractivity contribution in [1.29, 1.82) is 0 Å². The molecule has 1 radical (unpaired) electrons. The molecule has 0 saturated carbocycles. The second-order valence-electron chi connectivity index (χ2n) is 11.9. The first-order valence-corrected chi connectivity index (χ1v) is 14.7. The molecule has 6 heterocycles. The van der Waals surface area contributed by atoms with Gasteiger partial charge < -0.3 is 24.5 Å². The summed E-state index contributed by atoms with van der Waals surface area (Å²) >= 11 is 0. The zero-order chi connectivity index (χ0) is 31.1. The molecule has 2 atom stereocenters. The van der Waals surface area contributed by atoms with Crippen LogP contribution in [0.1, 0.15) is 60.3 Å². The van der Waals surface area contributed by atoms with Gasteiger partial charge in [0, 0.05) is 29.6 Å². The third-order valence-corrected chi connectivity index (χ3v) is 9.87. The van der Waals surface area contributed by atoms with Crippen molar-refractivity contribution in [2.24, 2.45) is 15.0 Å². The molecule has 0 aromatic carbocycles. The molecular weight excluding hydrogens is 559 g/mol. The number of esters is 1. The van der Waals surface area contributed by atoms with Gasteiger partial charge >= 0.3 is 13.7 Å². The van der Waals surface area contributed by atoms with E-state index in [1.165, 1.54) is 14.8 Å². The monoisotopic (exact) mass is 591 g/mol. The second kappa shape index (κ2) is 9.83. The van der Waals surface area contributed by atoms with E-state index in [0.717, 1.165) is 39.8 Å². The van der Waals surface area contributed by atoms with E-state index in [-0.39, 0.29) is 24.6 Å². The minimum atomic E-state index is -0.909. The van der Waals surface area contributed by atoms with Gasteiger partial charge in [-0.2, -0.15) is 0 Å². The Hall–Kier alpha value is -4.35. The van der Waals surface area contributed by atoms with Gasteiger partial charge in [0.1, 0.15) is 11.2 Å². The number of fused-ring (bicyclic) bond motifs is 8. The minimum Gasteiger partial charge on any atom is -0.515 e. The number of rotatable bonds is 4. The number of nitrogens with zero attached hydrogens (tertiary/aromatic N) is 3. The summed E-state index contributed by atoms with van der Waals surface area (Å²) in [7, 11) is 2.75. The van der Waals surface area contributed by atoms with Crippen molar-refractivity contribution in [3.8, 4) is 0 Å². The summed E-state index contributed by atoms with van der Waals surface area (Å²) in [6, 6.07) is 0. The highest BCUT2D eigenvalue weighted by molar-refractivity contribution is 6.28. The Bertz CT molecular complexity index is 1840. The maximum atomic E-state index is 13.5. The molecule has 0 aromatic rings. The van der Waals surface area contributed by atoms with Gasteiger partial charge in [0.2, 0.25) is 0 Å². The molecule has 0 aromatic heterocycles. The Morgan fingerprint density at radius 2 is 1.86 bits per heavy atom. The summed E-state index contributed by atoms with van der Waals surface area (Å²) in [5.74, 6) is -0.338. The van der Waals surface area contributed by atoms with Crippen LogP contribution in [0.3, 0.4) is 0 Å². The molecule has 7 rings (SSSR count). The summed E-state index contributed by atoms with van der Waals surface area (Å²) in [4.78, 5) is 40.7. The molecule has 2 saturated heterocycles. The van der Waals surface area contributed by atoms with Crippen LogP contribution in [0.15, 0.2) is 107 Å². The van der Waals surface area contributed by atoms with Gasteiger partial charge in [-0.05, 0) is 81.1 Å². The molecule has 0 amide bonds. The van der Waals surface area contributed by atoms with E-state index in [1.54, 1.807) is 0 Å². The predicted octanol–water partition coefficient (Wildman–Crippen LogP) is 4.64. The molecule has 7 aliphatic rings. The highest BCUT2D eigenvalue weighted by Crippen LogP contribution is 2.52. The van der Waals surface area contributed by atoms with Crippen molar-refractivity contribution in [3.05, 3.63) is 92.0 Å².